The number of carbonyl (C=O) groups is 2. The highest BCUT2D eigenvalue weighted by molar-refractivity contribution is 7.80. The number of carbonyl (C=O) groups excluding carboxylic acids is 2. The molecule has 0 saturated carbocycles. The van der Waals surface area contributed by atoms with Crippen molar-refractivity contribution in [3.63, 3.8) is 0 Å². The van der Waals surface area contributed by atoms with Crippen molar-refractivity contribution < 1.29 is 31.3 Å². The fraction of sp³-hybridized carbons (Fsp3) is 0.875. The van der Waals surface area contributed by atoms with Gasteiger partial charge in [-0.3, -0.25) is 9.35 Å². The topological polar surface area (TPSA) is 117 Å². The molecule has 160 valence electrons. The van der Waals surface area contributed by atoms with Crippen LogP contribution in [0.4, 0.5) is 4.79 Å². The zero-order chi connectivity index (χ0) is 21.1. The zero-order valence-corrected chi connectivity index (χ0v) is 18.7. The number of piperidine rings is 1. The summed E-state index contributed by atoms with van der Waals surface area (Å²) < 4.78 is 41.4. The number of amides is 3. The van der Waals surface area contributed by atoms with Crippen molar-refractivity contribution in [2.24, 2.45) is 5.92 Å². The molecule has 12 heteroatoms. The van der Waals surface area contributed by atoms with Crippen LogP contribution in [-0.2, 0) is 23.9 Å². The van der Waals surface area contributed by atoms with Crippen LogP contribution in [0.2, 0.25) is 18.1 Å². The maximum Gasteiger partial charge on any atom is 0.418 e. The monoisotopic (exact) mass is 435 g/mol. The SMILES string of the molecule is CC(C)(C)[Si](C)(C)OCCN1CC2CC3CN(C(=O)N3OS(=O)(=O)O)C2C1=O. The van der Waals surface area contributed by atoms with Gasteiger partial charge < -0.3 is 14.2 Å². The predicted octanol–water partition coefficient (Wildman–Crippen LogP) is 1.08. The Kier molecular flexibility index (Phi) is 5.33. The summed E-state index contributed by atoms with van der Waals surface area (Å²) in [6, 6.07) is -1.83. The van der Waals surface area contributed by atoms with Gasteiger partial charge in [-0.1, -0.05) is 20.8 Å². The Labute approximate surface area is 166 Å². The molecule has 10 nitrogen and oxygen atoms in total. The first-order valence-corrected chi connectivity index (χ1v) is 13.7. The van der Waals surface area contributed by atoms with Crippen molar-refractivity contribution in [3.05, 3.63) is 0 Å². The summed E-state index contributed by atoms with van der Waals surface area (Å²) in [5.74, 6) is -0.248. The lowest BCUT2D eigenvalue weighted by Crippen LogP contribution is -2.48. The van der Waals surface area contributed by atoms with Gasteiger partial charge in [0.25, 0.3) is 0 Å². The van der Waals surface area contributed by atoms with Gasteiger partial charge in [-0.05, 0) is 24.6 Å². The second-order valence-electron chi connectivity index (χ2n) is 9.25. The second kappa shape index (κ2) is 6.94. The maximum absolute atomic E-state index is 12.9. The standard InChI is InChI=1S/C16H29N3O7SSi/c1-16(2,3)28(4,5)25-7-6-17-9-11-8-12-10-18(13(11)14(17)20)15(21)19(12)26-27(22,23)24/h11-13H,6-10H2,1-5H3,(H,22,23,24). The first-order valence-electron chi connectivity index (χ1n) is 9.41. The fourth-order valence-corrected chi connectivity index (χ4v) is 5.31. The van der Waals surface area contributed by atoms with E-state index in [1.165, 1.54) is 4.90 Å². The van der Waals surface area contributed by atoms with E-state index in [-0.39, 0.29) is 23.4 Å². The van der Waals surface area contributed by atoms with E-state index in [2.05, 4.69) is 38.1 Å². The molecule has 3 fully saturated rings. The third-order valence-corrected chi connectivity index (χ3v) is 11.2. The van der Waals surface area contributed by atoms with Crippen LogP contribution >= 0.6 is 0 Å². The smallest absolute Gasteiger partial charge is 0.415 e. The molecule has 0 spiro atoms. The van der Waals surface area contributed by atoms with E-state index in [4.69, 9.17) is 8.98 Å². The molecule has 3 amide bonds. The molecule has 1 N–H and O–H groups in total. The van der Waals surface area contributed by atoms with Gasteiger partial charge >= 0.3 is 16.4 Å². The van der Waals surface area contributed by atoms with Gasteiger partial charge in [-0.15, -0.1) is 4.28 Å². The van der Waals surface area contributed by atoms with Gasteiger partial charge in [0.1, 0.15) is 6.04 Å². The summed E-state index contributed by atoms with van der Waals surface area (Å²) in [5.41, 5.74) is 0. The van der Waals surface area contributed by atoms with E-state index in [0.717, 1.165) is 0 Å². The number of likely N-dealkylation sites (tertiary alicyclic amines) is 1. The number of urea groups is 1. The predicted molar refractivity (Wildman–Crippen MR) is 102 cm³/mol. The summed E-state index contributed by atoms with van der Waals surface area (Å²) in [7, 11) is -6.69. The Balaban J connectivity index is 1.62. The highest BCUT2D eigenvalue weighted by Crippen LogP contribution is 2.39. The Morgan fingerprint density at radius 2 is 1.86 bits per heavy atom. The molecule has 0 radical (unpaired) electrons. The Bertz CT molecular complexity index is 767. The van der Waals surface area contributed by atoms with Gasteiger partial charge in [0.2, 0.25) is 5.91 Å². The molecule has 3 saturated heterocycles. The number of hydrogen-bond donors (Lipinski definition) is 1. The Morgan fingerprint density at radius 1 is 1.21 bits per heavy atom. The van der Waals surface area contributed by atoms with Crippen LogP contribution in [0.3, 0.4) is 0 Å². The van der Waals surface area contributed by atoms with Crippen molar-refractivity contribution in [3.8, 4) is 0 Å². The van der Waals surface area contributed by atoms with Crippen LogP contribution in [0.1, 0.15) is 27.2 Å². The molecule has 0 aliphatic carbocycles. The maximum atomic E-state index is 12.9. The summed E-state index contributed by atoms with van der Waals surface area (Å²) in [4.78, 5) is 28.4. The fourth-order valence-electron chi connectivity index (χ4n) is 3.89. The van der Waals surface area contributed by atoms with Crippen LogP contribution in [-0.4, -0.2) is 86.4 Å². The molecule has 3 heterocycles. The highest BCUT2D eigenvalue weighted by Gasteiger charge is 2.57. The molecule has 3 rings (SSSR count). The average Bonchev–Trinajstić information content (AvgIpc) is 2.96. The van der Waals surface area contributed by atoms with Gasteiger partial charge in [0.05, 0.1) is 12.6 Å². The van der Waals surface area contributed by atoms with Crippen molar-refractivity contribution in [2.45, 2.75) is 57.4 Å². The van der Waals surface area contributed by atoms with E-state index < -0.39 is 36.8 Å². The Hall–Kier alpha value is -1.21. The van der Waals surface area contributed by atoms with E-state index >= 15 is 0 Å². The lowest BCUT2D eigenvalue weighted by molar-refractivity contribution is -0.132. The molecular formula is C16H29N3O7SSi. The highest BCUT2D eigenvalue weighted by atomic mass is 32.3. The summed E-state index contributed by atoms with van der Waals surface area (Å²) in [6.07, 6.45) is 0.438. The molecule has 3 aliphatic heterocycles. The summed E-state index contributed by atoms with van der Waals surface area (Å²) in [6.45, 7) is 12.4. The van der Waals surface area contributed by atoms with Crippen molar-refractivity contribution in [1.29, 1.82) is 0 Å². The number of hydroxylamine groups is 2. The van der Waals surface area contributed by atoms with Crippen molar-refractivity contribution in [2.75, 3.05) is 26.2 Å². The molecule has 0 aromatic heterocycles. The molecule has 0 aromatic rings. The molecule has 0 aromatic carbocycles. The first-order chi connectivity index (χ1) is 12.7. The molecule has 3 aliphatic rings. The number of nitrogens with zero attached hydrogens (tertiary/aromatic N) is 3. The lowest BCUT2D eigenvalue weighted by Gasteiger charge is -2.36. The van der Waals surface area contributed by atoms with Crippen LogP contribution in [0.15, 0.2) is 0 Å². The van der Waals surface area contributed by atoms with Gasteiger partial charge in [0.15, 0.2) is 8.32 Å². The minimum Gasteiger partial charge on any atom is -0.415 e. The van der Waals surface area contributed by atoms with Crippen LogP contribution < -0.4 is 0 Å². The molecular weight excluding hydrogens is 406 g/mol. The van der Waals surface area contributed by atoms with Crippen LogP contribution in [0.5, 0.6) is 0 Å². The number of hydrogen-bond acceptors (Lipinski definition) is 6. The largest absolute Gasteiger partial charge is 0.418 e. The Morgan fingerprint density at radius 3 is 2.43 bits per heavy atom. The summed E-state index contributed by atoms with van der Waals surface area (Å²) >= 11 is 0. The first kappa shape index (κ1) is 21.5. The average molecular weight is 436 g/mol. The second-order valence-corrected chi connectivity index (χ2v) is 15.1. The third-order valence-electron chi connectivity index (χ3n) is 6.35. The minimum absolute atomic E-state index is 0.0871. The summed E-state index contributed by atoms with van der Waals surface area (Å²) in [5, 5.41) is 0.760. The van der Waals surface area contributed by atoms with E-state index in [0.29, 0.717) is 31.2 Å². The quantitative estimate of drug-likeness (QED) is 0.490. The van der Waals surface area contributed by atoms with E-state index in [1.807, 2.05) is 0 Å². The normalized spacial score (nSPS) is 28.4. The van der Waals surface area contributed by atoms with E-state index in [9.17, 15) is 18.0 Å². The van der Waals surface area contributed by atoms with Crippen molar-refractivity contribution in [1.82, 2.24) is 14.9 Å². The van der Waals surface area contributed by atoms with Gasteiger partial charge in [-0.2, -0.15) is 13.5 Å². The lowest BCUT2D eigenvalue weighted by atomic mass is 9.91. The molecule has 3 unspecified atom stereocenters. The zero-order valence-electron chi connectivity index (χ0n) is 16.9. The molecule has 28 heavy (non-hydrogen) atoms. The number of fused-ring (bicyclic) bond motifs is 4. The van der Waals surface area contributed by atoms with Crippen LogP contribution in [0, 0.1) is 5.92 Å². The van der Waals surface area contributed by atoms with Gasteiger partial charge in [-0.25, -0.2) is 4.79 Å². The minimum atomic E-state index is -4.79. The van der Waals surface area contributed by atoms with Crippen molar-refractivity contribution >= 4 is 30.7 Å². The molecule has 3 atom stereocenters. The number of rotatable bonds is 6. The van der Waals surface area contributed by atoms with Gasteiger partial charge in [0, 0.05) is 25.6 Å². The third kappa shape index (κ3) is 3.92. The van der Waals surface area contributed by atoms with E-state index in [1.54, 1.807) is 4.90 Å². The molecule has 2 bridgehead atoms. The van der Waals surface area contributed by atoms with Crippen LogP contribution in [0.25, 0.3) is 0 Å².